The number of benzene rings is 1. The van der Waals surface area contributed by atoms with Gasteiger partial charge >= 0.3 is 23.5 Å². The van der Waals surface area contributed by atoms with Gasteiger partial charge in [0.1, 0.15) is 17.4 Å². The van der Waals surface area contributed by atoms with Gasteiger partial charge in [-0.3, -0.25) is 19.2 Å². The summed E-state index contributed by atoms with van der Waals surface area (Å²) in [5.74, 6) is -2.58. The van der Waals surface area contributed by atoms with Crippen LogP contribution in [0.5, 0.6) is 11.5 Å². The summed E-state index contributed by atoms with van der Waals surface area (Å²) in [5.41, 5.74) is 0.273. The Balaban J connectivity index is 3.27. The summed E-state index contributed by atoms with van der Waals surface area (Å²) in [6.45, 7) is 10.9. The third-order valence-electron chi connectivity index (χ3n) is 5.21. The molecule has 0 amide bonds. The molecule has 0 radical (unpaired) electrons. The van der Waals surface area contributed by atoms with E-state index in [1.165, 1.54) is 20.8 Å². The van der Waals surface area contributed by atoms with Crippen molar-refractivity contribution in [1.82, 2.24) is 0 Å². The van der Waals surface area contributed by atoms with Crippen LogP contribution in [-0.2, 0) is 25.5 Å². The number of ketones is 1. The summed E-state index contributed by atoms with van der Waals surface area (Å²) in [6.07, 6.45) is 1.90. The van der Waals surface area contributed by atoms with Crippen LogP contribution >= 0.6 is 0 Å². The molecule has 0 aliphatic rings. The Labute approximate surface area is 209 Å². The van der Waals surface area contributed by atoms with E-state index in [1.807, 2.05) is 19.9 Å². The van der Waals surface area contributed by atoms with Crippen molar-refractivity contribution in [1.29, 1.82) is 0 Å². The van der Waals surface area contributed by atoms with Gasteiger partial charge in [0.05, 0.1) is 5.39 Å². The number of hydrogen-bond acceptors (Lipinski definition) is 9. The zero-order chi connectivity index (χ0) is 27.2. The lowest BCUT2D eigenvalue weighted by Crippen LogP contribution is -2.17. The Morgan fingerprint density at radius 3 is 2.06 bits per heavy atom. The van der Waals surface area contributed by atoms with E-state index in [4.69, 9.17) is 18.6 Å². The maximum atomic E-state index is 13.4. The molecule has 1 aromatic carbocycles. The fourth-order valence-electron chi connectivity index (χ4n) is 3.86. The Morgan fingerprint density at radius 2 is 1.56 bits per heavy atom. The number of allylic oxidation sites excluding steroid dienone is 2. The van der Waals surface area contributed by atoms with Crippen molar-refractivity contribution >= 4 is 34.7 Å². The second-order valence-corrected chi connectivity index (χ2v) is 8.59. The topological polar surface area (TPSA) is 126 Å². The molecule has 2 aromatic rings. The first-order valence-corrected chi connectivity index (χ1v) is 11.8. The van der Waals surface area contributed by atoms with Crippen LogP contribution in [0.25, 0.3) is 11.0 Å². The number of hydrogen-bond donors (Lipinski definition) is 0. The van der Waals surface area contributed by atoms with Crippen molar-refractivity contribution in [3.8, 4) is 11.5 Å². The predicted octanol–water partition coefficient (Wildman–Crippen LogP) is 5.15. The Bertz CT molecular complexity index is 1280. The van der Waals surface area contributed by atoms with Gasteiger partial charge in [-0.1, -0.05) is 25.5 Å². The number of fused-ring (bicyclic) bond motifs is 1. The van der Waals surface area contributed by atoms with Crippen molar-refractivity contribution in [3.63, 3.8) is 0 Å². The van der Waals surface area contributed by atoms with Gasteiger partial charge in [0.15, 0.2) is 17.1 Å². The van der Waals surface area contributed by atoms with Gasteiger partial charge in [0, 0.05) is 44.4 Å². The monoisotopic (exact) mass is 500 g/mol. The van der Waals surface area contributed by atoms with Gasteiger partial charge < -0.3 is 18.6 Å². The first kappa shape index (κ1) is 28.5. The number of carbonyl (C=O) groups is 4. The van der Waals surface area contributed by atoms with Gasteiger partial charge in [-0.05, 0) is 33.1 Å². The Kier molecular flexibility index (Phi) is 9.72. The second-order valence-electron chi connectivity index (χ2n) is 8.59. The molecule has 9 nitrogen and oxygen atoms in total. The first-order chi connectivity index (χ1) is 16.9. The summed E-state index contributed by atoms with van der Waals surface area (Å²) < 4.78 is 22.1. The lowest BCUT2D eigenvalue weighted by molar-refractivity contribution is -0.147. The van der Waals surface area contributed by atoms with E-state index in [2.05, 4.69) is 0 Å². The van der Waals surface area contributed by atoms with Crippen LogP contribution in [0.15, 0.2) is 26.9 Å². The molecule has 0 saturated heterocycles. The quantitative estimate of drug-likeness (QED) is 0.143. The summed E-state index contributed by atoms with van der Waals surface area (Å²) in [6, 6.07) is 1.15. The molecule has 1 atom stereocenters. The summed E-state index contributed by atoms with van der Waals surface area (Å²) in [5, 5.41) is 0.130. The number of esters is 3. The number of rotatable bonds is 10. The van der Waals surface area contributed by atoms with Gasteiger partial charge in [-0.25, -0.2) is 4.79 Å². The fourth-order valence-corrected chi connectivity index (χ4v) is 3.86. The summed E-state index contributed by atoms with van der Waals surface area (Å²) in [4.78, 5) is 62.2. The third kappa shape index (κ3) is 6.68. The predicted molar refractivity (Wildman–Crippen MR) is 132 cm³/mol. The minimum absolute atomic E-state index is 0.0383. The highest BCUT2D eigenvalue weighted by atomic mass is 16.6. The summed E-state index contributed by atoms with van der Waals surface area (Å²) >= 11 is 0. The third-order valence-corrected chi connectivity index (χ3v) is 5.21. The lowest BCUT2D eigenvalue weighted by Gasteiger charge is -2.23. The molecule has 2 rings (SSSR count). The normalized spacial score (nSPS) is 11.5. The molecule has 1 unspecified atom stereocenters. The highest BCUT2D eigenvalue weighted by Gasteiger charge is 2.32. The van der Waals surface area contributed by atoms with Gasteiger partial charge in [-0.2, -0.15) is 0 Å². The molecule has 36 heavy (non-hydrogen) atoms. The minimum Gasteiger partial charge on any atom is -0.458 e. The number of carbonyl (C=O) groups excluding carboxylic acids is 4. The van der Waals surface area contributed by atoms with E-state index < -0.39 is 35.4 Å². The number of ether oxygens (including phenoxy) is 3. The standard InChI is InChI=1S/C27H32O9/c1-8-10-20(31)24-26(35-17(7)30)18(12-11-14(3)4)25(34-16(6)29)23-19(13-22(32)36-27(23)24)21(9-2)33-15(5)28/h11,13,21H,8-10,12H2,1-7H3. The molecule has 9 heteroatoms. The van der Waals surface area contributed by atoms with Crippen molar-refractivity contribution < 1.29 is 37.8 Å². The Hall–Kier alpha value is -3.75. The molecule has 0 aliphatic heterocycles. The van der Waals surface area contributed by atoms with Gasteiger partial charge in [0.2, 0.25) is 0 Å². The van der Waals surface area contributed by atoms with Crippen LogP contribution in [0, 0.1) is 0 Å². The van der Waals surface area contributed by atoms with E-state index in [1.54, 1.807) is 13.8 Å². The average molecular weight is 501 g/mol. The highest BCUT2D eigenvalue weighted by Crippen LogP contribution is 2.45. The molecule has 0 N–H and O–H groups in total. The smallest absolute Gasteiger partial charge is 0.336 e. The first-order valence-electron chi connectivity index (χ1n) is 11.8. The van der Waals surface area contributed by atoms with Gasteiger partial charge in [-0.15, -0.1) is 0 Å². The Morgan fingerprint density at radius 1 is 0.944 bits per heavy atom. The van der Waals surface area contributed by atoms with Crippen LogP contribution in [0.2, 0.25) is 0 Å². The maximum Gasteiger partial charge on any atom is 0.336 e. The molecular weight excluding hydrogens is 468 g/mol. The van der Waals surface area contributed by atoms with Crippen LogP contribution in [0.1, 0.15) is 95.3 Å². The van der Waals surface area contributed by atoms with Crippen molar-refractivity contribution in [2.75, 3.05) is 0 Å². The molecule has 0 fully saturated rings. The average Bonchev–Trinajstić information content (AvgIpc) is 2.75. The molecule has 0 aliphatic carbocycles. The zero-order valence-electron chi connectivity index (χ0n) is 21.7. The molecule has 1 heterocycles. The maximum absolute atomic E-state index is 13.4. The van der Waals surface area contributed by atoms with E-state index in [-0.39, 0.29) is 58.4 Å². The molecular formula is C27H32O9. The number of Topliss-reactive ketones (excluding diaryl/α,β-unsaturated/α-hetero) is 1. The molecule has 194 valence electrons. The molecule has 1 aromatic heterocycles. The van der Waals surface area contributed by atoms with Crippen LogP contribution in [0.4, 0.5) is 0 Å². The zero-order valence-corrected chi connectivity index (χ0v) is 21.7. The fraction of sp³-hybridized carbons (Fsp3) is 0.444. The van der Waals surface area contributed by atoms with E-state index in [0.29, 0.717) is 6.42 Å². The van der Waals surface area contributed by atoms with Crippen molar-refractivity contribution in [2.24, 2.45) is 0 Å². The van der Waals surface area contributed by atoms with E-state index in [9.17, 15) is 24.0 Å². The molecule has 0 spiro atoms. The van der Waals surface area contributed by atoms with Crippen molar-refractivity contribution in [2.45, 2.75) is 80.3 Å². The molecule has 0 saturated carbocycles. The van der Waals surface area contributed by atoms with E-state index >= 15 is 0 Å². The lowest BCUT2D eigenvalue weighted by atomic mass is 9.92. The van der Waals surface area contributed by atoms with Crippen LogP contribution in [0.3, 0.4) is 0 Å². The SMILES string of the molecule is CCCC(=O)c1c(OC(C)=O)c(CC=C(C)C)c(OC(C)=O)c2c(C(CC)OC(C)=O)cc(=O)oc12. The largest absolute Gasteiger partial charge is 0.458 e. The minimum atomic E-state index is -0.895. The van der Waals surface area contributed by atoms with Crippen LogP contribution < -0.4 is 15.1 Å². The summed E-state index contributed by atoms with van der Waals surface area (Å²) in [7, 11) is 0. The van der Waals surface area contributed by atoms with Gasteiger partial charge in [0.25, 0.3) is 0 Å². The second kappa shape index (κ2) is 12.3. The van der Waals surface area contributed by atoms with Crippen molar-refractivity contribution in [3.05, 3.63) is 44.8 Å². The van der Waals surface area contributed by atoms with Crippen LogP contribution in [-0.4, -0.2) is 23.7 Å². The molecule has 0 bridgehead atoms. The van der Waals surface area contributed by atoms with E-state index in [0.717, 1.165) is 11.6 Å². The highest BCUT2D eigenvalue weighted by molar-refractivity contribution is 6.12.